The van der Waals surface area contributed by atoms with Gasteiger partial charge >= 0.3 is 17.9 Å². The number of hydrogen-bond acceptors (Lipinski definition) is 6. The van der Waals surface area contributed by atoms with Gasteiger partial charge in [0, 0.05) is 19.3 Å². The van der Waals surface area contributed by atoms with Crippen molar-refractivity contribution in [1.29, 1.82) is 0 Å². The number of esters is 3. The summed E-state index contributed by atoms with van der Waals surface area (Å²) in [6.07, 6.45) is 74.7. The minimum Gasteiger partial charge on any atom is -0.462 e. The zero-order valence-corrected chi connectivity index (χ0v) is 43.1. The van der Waals surface area contributed by atoms with Crippen molar-refractivity contribution in [3.8, 4) is 0 Å². The van der Waals surface area contributed by atoms with Gasteiger partial charge in [0.25, 0.3) is 0 Å². The monoisotopic (exact) mass is 927 g/mol. The molecule has 6 nitrogen and oxygen atoms in total. The number of carbonyl (C=O) groups excluding carboxylic acids is 3. The van der Waals surface area contributed by atoms with E-state index in [9.17, 15) is 14.4 Å². The lowest BCUT2D eigenvalue weighted by Gasteiger charge is -2.18. The van der Waals surface area contributed by atoms with Crippen LogP contribution in [0.15, 0.2) is 122 Å². The van der Waals surface area contributed by atoms with Gasteiger partial charge in [0.05, 0.1) is 0 Å². The second kappa shape index (κ2) is 54.4. The first-order valence-corrected chi connectivity index (χ1v) is 27.0. The predicted molar refractivity (Wildman–Crippen MR) is 288 cm³/mol. The van der Waals surface area contributed by atoms with Crippen molar-refractivity contribution in [3.05, 3.63) is 122 Å². The van der Waals surface area contributed by atoms with Gasteiger partial charge in [0.2, 0.25) is 0 Å². The second-order valence-electron chi connectivity index (χ2n) is 17.4. The smallest absolute Gasteiger partial charge is 0.306 e. The van der Waals surface area contributed by atoms with E-state index in [-0.39, 0.29) is 37.5 Å². The number of ether oxygens (including phenoxy) is 3. The van der Waals surface area contributed by atoms with Crippen LogP contribution < -0.4 is 0 Å². The average molecular weight is 927 g/mol. The van der Waals surface area contributed by atoms with E-state index in [2.05, 4.69) is 142 Å². The van der Waals surface area contributed by atoms with E-state index < -0.39 is 6.10 Å². The molecule has 6 heteroatoms. The van der Waals surface area contributed by atoms with Gasteiger partial charge in [-0.05, 0) is 128 Å². The summed E-state index contributed by atoms with van der Waals surface area (Å²) < 4.78 is 16.7. The molecule has 0 heterocycles. The summed E-state index contributed by atoms with van der Waals surface area (Å²) in [5.41, 5.74) is 0. The lowest BCUT2D eigenvalue weighted by molar-refractivity contribution is -0.167. The van der Waals surface area contributed by atoms with Crippen LogP contribution in [0.5, 0.6) is 0 Å². The molecule has 0 rings (SSSR count). The van der Waals surface area contributed by atoms with Gasteiger partial charge in [0.15, 0.2) is 6.10 Å². The van der Waals surface area contributed by atoms with Crippen LogP contribution in [0.25, 0.3) is 0 Å². The number of unbranched alkanes of at least 4 members (excludes halogenated alkanes) is 16. The third-order valence-electron chi connectivity index (χ3n) is 10.9. The van der Waals surface area contributed by atoms with Crippen LogP contribution >= 0.6 is 0 Å². The molecule has 0 spiro atoms. The Balaban J connectivity index is 4.57. The Kier molecular flexibility index (Phi) is 51.0. The first-order valence-electron chi connectivity index (χ1n) is 27.0. The van der Waals surface area contributed by atoms with E-state index >= 15 is 0 Å². The van der Waals surface area contributed by atoms with E-state index in [1.54, 1.807) is 0 Å². The van der Waals surface area contributed by atoms with Gasteiger partial charge in [-0.3, -0.25) is 14.4 Å². The van der Waals surface area contributed by atoms with Crippen molar-refractivity contribution in [2.75, 3.05) is 13.2 Å². The highest BCUT2D eigenvalue weighted by atomic mass is 16.6. The van der Waals surface area contributed by atoms with Crippen molar-refractivity contribution in [3.63, 3.8) is 0 Å². The average Bonchev–Trinajstić information content (AvgIpc) is 3.33. The van der Waals surface area contributed by atoms with Gasteiger partial charge in [0.1, 0.15) is 13.2 Å². The molecule has 1 atom stereocenters. The summed E-state index contributed by atoms with van der Waals surface area (Å²) in [6.45, 7) is 6.39. The summed E-state index contributed by atoms with van der Waals surface area (Å²) in [5.74, 6) is -1.03. The normalized spacial score (nSPS) is 13.1. The van der Waals surface area contributed by atoms with E-state index in [1.807, 2.05) is 0 Å². The standard InChI is InChI=1S/C61H98O6/c1-4-7-10-13-16-19-22-25-27-29-30-32-33-36-39-42-45-48-51-54-60(63)66-57-58(56-65-59(62)53-50-47-44-41-38-35-24-21-18-15-12-9-6-3)67-61(64)55-52-49-46-43-40-37-34-31-28-26-23-20-17-14-11-8-5-2/h7,10,16-17,19-20,25-28,30,32,34-39,43,46,58H,4-6,8-9,11-15,18,21-24,29,31,33,40-42,44-45,47-57H2,1-3H3/b10-7-,19-16-,20-17-,27-25-,28-26-,32-30-,37-34-,38-35-,39-36-,46-43-. The number of rotatable bonds is 47. The van der Waals surface area contributed by atoms with E-state index in [0.29, 0.717) is 19.3 Å². The van der Waals surface area contributed by atoms with Gasteiger partial charge < -0.3 is 14.2 Å². The highest BCUT2D eigenvalue weighted by Gasteiger charge is 2.19. The van der Waals surface area contributed by atoms with Crippen molar-refractivity contribution < 1.29 is 28.6 Å². The highest BCUT2D eigenvalue weighted by Crippen LogP contribution is 2.12. The molecule has 0 aromatic carbocycles. The van der Waals surface area contributed by atoms with Crippen LogP contribution in [0.1, 0.15) is 226 Å². The Morgan fingerprint density at radius 1 is 0.313 bits per heavy atom. The Bertz CT molecular complexity index is 1440. The quantitative estimate of drug-likeness (QED) is 0.0262. The number of allylic oxidation sites excluding steroid dienone is 20. The van der Waals surface area contributed by atoms with Gasteiger partial charge in [-0.1, -0.05) is 200 Å². The van der Waals surface area contributed by atoms with E-state index in [4.69, 9.17) is 14.2 Å². The van der Waals surface area contributed by atoms with Crippen LogP contribution in [-0.2, 0) is 28.6 Å². The molecule has 0 aliphatic carbocycles. The van der Waals surface area contributed by atoms with Crippen molar-refractivity contribution in [1.82, 2.24) is 0 Å². The molecule has 0 aliphatic rings. The zero-order valence-electron chi connectivity index (χ0n) is 43.1. The molecule has 378 valence electrons. The number of hydrogen-bond donors (Lipinski definition) is 0. The SMILES string of the molecule is CC/C=C\C/C=C\C/C=C\C/C=C\C/C=C\CCCCCC(=O)OCC(COC(=O)CCCCC/C=C\CCCCCCCC)OC(=O)CCC/C=C\C/C=C\C/C=C\C/C=C\CCCCC. The first kappa shape index (κ1) is 62.8. The minimum atomic E-state index is -0.830. The van der Waals surface area contributed by atoms with Crippen LogP contribution in [0, 0.1) is 0 Å². The lowest BCUT2D eigenvalue weighted by atomic mass is 10.1. The molecule has 0 amide bonds. The molecule has 0 saturated carbocycles. The molecule has 1 unspecified atom stereocenters. The molecule has 67 heavy (non-hydrogen) atoms. The highest BCUT2D eigenvalue weighted by molar-refractivity contribution is 5.71. The Hall–Kier alpha value is -4.19. The Morgan fingerprint density at radius 3 is 1.00 bits per heavy atom. The third kappa shape index (κ3) is 52.6. The largest absolute Gasteiger partial charge is 0.462 e. The molecule has 0 fully saturated rings. The minimum absolute atomic E-state index is 0.122. The maximum Gasteiger partial charge on any atom is 0.306 e. The molecule has 0 saturated heterocycles. The van der Waals surface area contributed by atoms with Gasteiger partial charge in [-0.25, -0.2) is 0 Å². The van der Waals surface area contributed by atoms with E-state index in [1.165, 1.54) is 64.2 Å². The Labute approximate surface area is 412 Å². The zero-order chi connectivity index (χ0) is 48.6. The molecule has 0 aromatic heterocycles. The summed E-state index contributed by atoms with van der Waals surface area (Å²) in [6, 6.07) is 0. The van der Waals surface area contributed by atoms with Crippen molar-refractivity contribution in [2.24, 2.45) is 0 Å². The maximum atomic E-state index is 12.8. The van der Waals surface area contributed by atoms with Crippen LogP contribution in [-0.4, -0.2) is 37.2 Å². The van der Waals surface area contributed by atoms with Crippen molar-refractivity contribution >= 4 is 17.9 Å². The second-order valence-corrected chi connectivity index (χ2v) is 17.4. The fourth-order valence-electron chi connectivity index (χ4n) is 6.87. The fourth-order valence-corrected chi connectivity index (χ4v) is 6.87. The molecule has 0 aliphatic heterocycles. The van der Waals surface area contributed by atoms with E-state index in [0.717, 1.165) is 116 Å². The fraction of sp³-hybridized carbons (Fsp3) is 0.623. The topological polar surface area (TPSA) is 78.9 Å². The summed E-state index contributed by atoms with van der Waals surface area (Å²) >= 11 is 0. The molecule has 0 bridgehead atoms. The number of carbonyl (C=O) groups is 3. The first-order chi connectivity index (χ1) is 33.0. The molecular weight excluding hydrogens is 829 g/mol. The third-order valence-corrected chi connectivity index (χ3v) is 10.9. The molecule has 0 N–H and O–H groups in total. The van der Waals surface area contributed by atoms with Gasteiger partial charge in [-0.2, -0.15) is 0 Å². The predicted octanol–water partition coefficient (Wildman–Crippen LogP) is 18.1. The van der Waals surface area contributed by atoms with Crippen molar-refractivity contribution in [2.45, 2.75) is 232 Å². The summed E-state index contributed by atoms with van der Waals surface area (Å²) in [7, 11) is 0. The van der Waals surface area contributed by atoms with Crippen LogP contribution in [0.4, 0.5) is 0 Å². The maximum absolute atomic E-state index is 12.8. The molecule has 0 aromatic rings. The van der Waals surface area contributed by atoms with Crippen LogP contribution in [0.2, 0.25) is 0 Å². The Morgan fingerprint density at radius 2 is 0.597 bits per heavy atom. The molecular formula is C61H98O6. The summed E-state index contributed by atoms with van der Waals surface area (Å²) in [5, 5.41) is 0. The summed E-state index contributed by atoms with van der Waals surface area (Å²) in [4.78, 5) is 38.0. The van der Waals surface area contributed by atoms with Gasteiger partial charge in [-0.15, -0.1) is 0 Å². The lowest BCUT2D eigenvalue weighted by Crippen LogP contribution is -2.30. The molecule has 0 radical (unpaired) electrons. The van der Waals surface area contributed by atoms with Crippen LogP contribution in [0.3, 0.4) is 0 Å².